The van der Waals surface area contributed by atoms with Crippen molar-refractivity contribution in [3.05, 3.63) is 35.9 Å². The molecule has 0 bridgehead atoms. The molecule has 0 radical (unpaired) electrons. The van der Waals surface area contributed by atoms with E-state index in [-0.39, 0.29) is 17.6 Å². The maximum Gasteiger partial charge on any atom is 0.251 e. The lowest BCUT2D eigenvalue weighted by Crippen LogP contribution is -2.68. The minimum Gasteiger partial charge on any atom is -0.308 e. The molecule has 2 rings (SSSR count). The zero-order valence-corrected chi connectivity index (χ0v) is 13.2. The molecule has 1 aliphatic rings. The average molecular weight is 296 g/mol. The molecule has 1 aromatic rings. The summed E-state index contributed by atoms with van der Waals surface area (Å²) in [5.41, 5.74) is 0.660. The molecule has 1 aromatic carbocycles. The van der Waals surface area contributed by atoms with Crippen LogP contribution in [-0.4, -0.2) is 36.5 Å². The van der Waals surface area contributed by atoms with Gasteiger partial charge in [-0.15, -0.1) is 0 Å². The molecule has 0 saturated carbocycles. The van der Waals surface area contributed by atoms with Gasteiger partial charge in [0, 0.05) is 18.6 Å². The van der Waals surface area contributed by atoms with Gasteiger partial charge in [0.1, 0.15) is 0 Å². The maximum atomic E-state index is 13.1. The maximum absolute atomic E-state index is 13.1. The van der Waals surface area contributed by atoms with Gasteiger partial charge in [0.25, 0.3) is 6.43 Å². The standard InChI is InChI=1S/C17H26F2N2/c1-4-17(5-2)13-21(11-15(18)19)16(3,12-20-17)14-9-7-6-8-10-14/h6-10,15,20H,4-5,11-13H2,1-3H3. The highest BCUT2D eigenvalue weighted by molar-refractivity contribution is 5.26. The summed E-state index contributed by atoms with van der Waals surface area (Å²) in [5.74, 6) is 0. The van der Waals surface area contributed by atoms with Gasteiger partial charge in [0.05, 0.1) is 12.1 Å². The fourth-order valence-electron chi connectivity index (χ4n) is 3.31. The van der Waals surface area contributed by atoms with Crippen molar-refractivity contribution < 1.29 is 8.78 Å². The highest BCUT2D eigenvalue weighted by Gasteiger charge is 2.44. The van der Waals surface area contributed by atoms with Crippen LogP contribution in [0.4, 0.5) is 8.78 Å². The molecule has 0 aromatic heterocycles. The Hall–Kier alpha value is -1.00. The number of rotatable bonds is 5. The molecule has 0 amide bonds. The van der Waals surface area contributed by atoms with Crippen molar-refractivity contribution >= 4 is 0 Å². The lowest BCUT2D eigenvalue weighted by atomic mass is 9.81. The van der Waals surface area contributed by atoms with E-state index in [1.807, 2.05) is 35.2 Å². The third kappa shape index (κ3) is 3.27. The minimum absolute atomic E-state index is 0.0524. The number of hydrogen-bond donors (Lipinski definition) is 1. The van der Waals surface area contributed by atoms with Crippen LogP contribution in [-0.2, 0) is 5.54 Å². The Morgan fingerprint density at radius 2 is 1.81 bits per heavy atom. The molecular weight excluding hydrogens is 270 g/mol. The molecule has 118 valence electrons. The van der Waals surface area contributed by atoms with Crippen LogP contribution in [0.3, 0.4) is 0 Å². The molecule has 1 N–H and O–H groups in total. The van der Waals surface area contributed by atoms with Crippen molar-refractivity contribution in [2.24, 2.45) is 0 Å². The normalized spacial score (nSPS) is 26.2. The fourth-order valence-corrected chi connectivity index (χ4v) is 3.31. The summed E-state index contributed by atoms with van der Waals surface area (Å²) >= 11 is 0. The molecule has 1 heterocycles. The summed E-state index contributed by atoms with van der Waals surface area (Å²) in [6, 6.07) is 9.98. The SMILES string of the molecule is CCC1(CC)CN(CC(F)F)C(C)(c2ccccc2)CN1. The smallest absolute Gasteiger partial charge is 0.251 e. The van der Waals surface area contributed by atoms with E-state index in [2.05, 4.69) is 26.1 Å². The van der Waals surface area contributed by atoms with Crippen LogP contribution < -0.4 is 5.32 Å². The highest BCUT2D eigenvalue weighted by atomic mass is 19.3. The van der Waals surface area contributed by atoms with E-state index in [0.29, 0.717) is 13.1 Å². The largest absolute Gasteiger partial charge is 0.308 e. The molecule has 1 aliphatic heterocycles. The van der Waals surface area contributed by atoms with Crippen LogP contribution in [0.25, 0.3) is 0 Å². The van der Waals surface area contributed by atoms with E-state index in [4.69, 9.17) is 0 Å². The van der Waals surface area contributed by atoms with Crippen LogP contribution in [0, 0.1) is 0 Å². The van der Waals surface area contributed by atoms with E-state index < -0.39 is 6.43 Å². The third-order valence-corrected chi connectivity index (χ3v) is 5.11. The van der Waals surface area contributed by atoms with Crippen molar-refractivity contribution in [2.75, 3.05) is 19.6 Å². The summed E-state index contributed by atoms with van der Waals surface area (Å²) in [7, 11) is 0. The summed E-state index contributed by atoms with van der Waals surface area (Å²) < 4.78 is 26.2. The first-order valence-electron chi connectivity index (χ1n) is 7.79. The summed E-state index contributed by atoms with van der Waals surface area (Å²) in [6.07, 6.45) is -0.403. The minimum atomic E-state index is -2.31. The van der Waals surface area contributed by atoms with E-state index in [0.717, 1.165) is 18.4 Å². The Labute approximate surface area is 126 Å². The molecule has 1 saturated heterocycles. The summed E-state index contributed by atoms with van der Waals surface area (Å²) in [6.45, 7) is 7.51. The Morgan fingerprint density at radius 3 is 2.33 bits per heavy atom. The van der Waals surface area contributed by atoms with E-state index in [1.165, 1.54) is 0 Å². The zero-order valence-electron chi connectivity index (χ0n) is 13.2. The summed E-state index contributed by atoms with van der Waals surface area (Å²) in [5, 5.41) is 3.64. The zero-order chi connectivity index (χ0) is 15.5. The van der Waals surface area contributed by atoms with E-state index in [9.17, 15) is 8.78 Å². The lowest BCUT2D eigenvalue weighted by Gasteiger charge is -2.53. The molecule has 1 unspecified atom stereocenters. The number of alkyl halides is 2. The fraction of sp³-hybridized carbons (Fsp3) is 0.647. The van der Waals surface area contributed by atoms with Gasteiger partial charge >= 0.3 is 0 Å². The van der Waals surface area contributed by atoms with E-state index in [1.54, 1.807) is 0 Å². The molecule has 4 heteroatoms. The first kappa shape index (κ1) is 16.4. The van der Waals surface area contributed by atoms with Gasteiger partial charge in [-0.05, 0) is 25.3 Å². The molecule has 2 nitrogen and oxygen atoms in total. The van der Waals surface area contributed by atoms with Gasteiger partial charge in [-0.2, -0.15) is 0 Å². The number of hydrogen-bond acceptors (Lipinski definition) is 2. The number of nitrogens with one attached hydrogen (secondary N) is 1. The highest BCUT2D eigenvalue weighted by Crippen LogP contribution is 2.35. The number of halogens is 2. The Bertz CT molecular complexity index is 445. The number of piperazine rings is 1. The molecule has 1 fully saturated rings. The predicted molar refractivity (Wildman–Crippen MR) is 82.7 cm³/mol. The van der Waals surface area contributed by atoms with Gasteiger partial charge in [-0.1, -0.05) is 44.2 Å². The topological polar surface area (TPSA) is 15.3 Å². The number of benzene rings is 1. The van der Waals surface area contributed by atoms with Crippen LogP contribution >= 0.6 is 0 Å². The lowest BCUT2D eigenvalue weighted by molar-refractivity contribution is -0.0298. The van der Waals surface area contributed by atoms with Crippen molar-refractivity contribution in [3.63, 3.8) is 0 Å². The van der Waals surface area contributed by atoms with Crippen molar-refractivity contribution in [1.82, 2.24) is 10.2 Å². The average Bonchev–Trinajstić information content (AvgIpc) is 2.50. The van der Waals surface area contributed by atoms with E-state index >= 15 is 0 Å². The Balaban J connectivity index is 2.32. The molecule has 0 aliphatic carbocycles. The van der Waals surface area contributed by atoms with Gasteiger partial charge in [0.2, 0.25) is 0 Å². The van der Waals surface area contributed by atoms with Crippen molar-refractivity contribution in [3.8, 4) is 0 Å². The predicted octanol–water partition coefficient (Wildman–Crippen LogP) is 3.63. The quantitative estimate of drug-likeness (QED) is 0.892. The molecule has 21 heavy (non-hydrogen) atoms. The first-order valence-corrected chi connectivity index (χ1v) is 7.79. The number of nitrogens with zero attached hydrogens (tertiary/aromatic N) is 1. The van der Waals surface area contributed by atoms with Gasteiger partial charge in [-0.3, -0.25) is 4.90 Å². The molecule has 1 atom stereocenters. The monoisotopic (exact) mass is 296 g/mol. The van der Waals surface area contributed by atoms with Gasteiger partial charge in [-0.25, -0.2) is 8.78 Å². The van der Waals surface area contributed by atoms with Crippen LogP contribution in [0.1, 0.15) is 39.2 Å². The van der Waals surface area contributed by atoms with Gasteiger partial charge < -0.3 is 5.32 Å². The molecular formula is C17H26F2N2. The van der Waals surface area contributed by atoms with Crippen LogP contribution in [0.5, 0.6) is 0 Å². The first-order chi connectivity index (χ1) is 9.96. The Kier molecular flexibility index (Phi) is 4.99. The second-order valence-corrected chi connectivity index (χ2v) is 6.25. The van der Waals surface area contributed by atoms with Crippen molar-refractivity contribution in [1.29, 1.82) is 0 Å². The second-order valence-electron chi connectivity index (χ2n) is 6.25. The Morgan fingerprint density at radius 1 is 1.19 bits per heavy atom. The summed E-state index contributed by atoms with van der Waals surface area (Å²) in [4.78, 5) is 1.97. The second kappa shape index (κ2) is 6.41. The van der Waals surface area contributed by atoms with Crippen molar-refractivity contribution in [2.45, 2.75) is 51.1 Å². The van der Waals surface area contributed by atoms with Crippen LogP contribution in [0.15, 0.2) is 30.3 Å². The van der Waals surface area contributed by atoms with Crippen LogP contribution in [0.2, 0.25) is 0 Å². The third-order valence-electron chi connectivity index (χ3n) is 5.11. The molecule has 0 spiro atoms. The van der Waals surface area contributed by atoms with Gasteiger partial charge in [0.15, 0.2) is 0 Å².